The number of rotatable bonds is 1. The molecule has 0 aliphatic rings. The second-order valence-corrected chi connectivity index (χ2v) is 2.92. The molecule has 0 atom stereocenters. The van der Waals surface area contributed by atoms with E-state index in [-0.39, 0.29) is 0 Å². The first kappa shape index (κ1) is 7.16. The first-order chi connectivity index (χ1) is 5.79. The van der Waals surface area contributed by atoms with Crippen LogP contribution in [-0.4, -0.2) is 9.55 Å². The van der Waals surface area contributed by atoms with Gasteiger partial charge in [0.25, 0.3) is 0 Å². The number of hydrogen-bond acceptors (Lipinski definition) is 0. The van der Waals surface area contributed by atoms with Crippen molar-refractivity contribution < 1.29 is 4.57 Å². The highest BCUT2D eigenvalue weighted by molar-refractivity contribution is 5.46. The van der Waals surface area contributed by atoms with E-state index in [9.17, 15) is 0 Å². The van der Waals surface area contributed by atoms with Crippen LogP contribution < -0.4 is 4.57 Å². The second-order valence-electron chi connectivity index (χ2n) is 2.92. The third-order valence-corrected chi connectivity index (χ3v) is 2.06. The van der Waals surface area contributed by atoms with Crippen LogP contribution in [0.2, 0.25) is 0 Å². The lowest BCUT2D eigenvalue weighted by atomic mass is 10.4. The fourth-order valence-corrected chi connectivity index (χ4v) is 1.37. The van der Waals surface area contributed by atoms with E-state index in [1.54, 1.807) is 0 Å². The number of aromatic nitrogens is 3. The molecule has 3 nitrogen and oxygen atoms in total. The summed E-state index contributed by atoms with van der Waals surface area (Å²) in [5.41, 5.74) is 1.20. The lowest BCUT2D eigenvalue weighted by Gasteiger charge is -1.96. The number of aromatic amines is 1. The number of aryl methyl sites for hydroxylation is 2. The molecule has 2 aromatic heterocycles. The van der Waals surface area contributed by atoms with E-state index < -0.39 is 0 Å². The van der Waals surface area contributed by atoms with Crippen molar-refractivity contribution in [3.63, 3.8) is 0 Å². The van der Waals surface area contributed by atoms with Gasteiger partial charge in [-0.2, -0.15) is 0 Å². The quantitative estimate of drug-likeness (QED) is 0.601. The van der Waals surface area contributed by atoms with Gasteiger partial charge in [-0.05, 0) is 12.1 Å². The highest BCUT2D eigenvalue weighted by atomic mass is 15.1. The predicted octanol–water partition coefficient (Wildman–Crippen LogP) is 0.845. The third-order valence-electron chi connectivity index (χ3n) is 2.06. The van der Waals surface area contributed by atoms with E-state index >= 15 is 0 Å². The molecule has 0 radical (unpaired) electrons. The molecule has 2 rings (SSSR count). The molecule has 0 unspecified atom stereocenters. The Labute approximate surface area is 71.3 Å². The number of imidazole rings is 1. The fraction of sp³-hybridized carbons (Fsp3) is 0.222. The highest BCUT2D eigenvalue weighted by Crippen LogP contribution is 2.11. The van der Waals surface area contributed by atoms with Gasteiger partial charge in [-0.1, -0.05) is 0 Å². The molecule has 1 N–H and O–H groups in total. The summed E-state index contributed by atoms with van der Waals surface area (Å²) >= 11 is 0. The molecule has 3 heteroatoms. The molecule has 2 aromatic rings. The van der Waals surface area contributed by atoms with Crippen LogP contribution >= 0.6 is 0 Å². The van der Waals surface area contributed by atoms with Crippen molar-refractivity contribution in [1.82, 2.24) is 9.55 Å². The Morgan fingerprint density at radius 1 is 1.50 bits per heavy atom. The summed E-state index contributed by atoms with van der Waals surface area (Å²) in [5, 5.41) is 0. The molecule has 0 aromatic carbocycles. The van der Waals surface area contributed by atoms with Gasteiger partial charge in [-0.15, -0.1) is 0 Å². The van der Waals surface area contributed by atoms with Crippen LogP contribution in [0.4, 0.5) is 0 Å². The van der Waals surface area contributed by atoms with Gasteiger partial charge < -0.3 is 4.57 Å². The van der Waals surface area contributed by atoms with E-state index in [1.807, 2.05) is 38.8 Å². The van der Waals surface area contributed by atoms with Crippen molar-refractivity contribution >= 4 is 0 Å². The smallest absolute Gasteiger partial charge is 0.303 e. The lowest BCUT2D eigenvalue weighted by molar-refractivity contribution is -0.659. The van der Waals surface area contributed by atoms with Gasteiger partial charge in [-0.3, -0.25) is 0 Å². The Kier molecular flexibility index (Phi) is 1.50. The minimum absolute atomic E-state index is 1.13. The van der Waals surface area contributed by atoms with Gasteiger partial charge >= 0.3 is 5.82 Å². The standard InChI is InChI=1S/C9H11N3/c1-11-6-3-4-8(11)9-10-5-7-12(9)2/h3-7H,1-2H3/p+1. The lowest BCUT2D eigenvalue weighted by Crippen LogP contribution is -2.28. The van der Waals surface area contributed by atoms with E-state index in [1.165, 1.54) is 5.69 Å². The second kappa shape index (κ2) is 2.52. The summed E-state index contributed by atoms with van der Waals surface area (Å²) in [5.74, 6) is 1.13. The fourth-order valence-electron chi connectivity index (χ4n) is 1.37. The van der Waals surface area contributed by atoms with Gasteiger partial charge in [0.05, 0.1) is 7.05 Å². The summed E-state index contributed by atoms with van der Waals surface area (Å²) in [6.45, 7) is 0. The van der Waals surface area contributed by atoms with E-state index in [0.29, 0.717) is 0 Å². The van der Waals surface area contributed by atoms with Crippen molar-refractivity contribution in [2.75, 3.05) is 0 Å². The minimum atomic E-state index is 1.13. The van der Waals surface area contributed by atoms with Crippen LogP contribution in [0.5, 0.6) is 0 Å². The van der Waals surface area contributed by atoms with Crippen molar-refractivity contribution in [3.8, 4) is 11.5 Å². The van der Waals surface area contributed by atoms with Crippen LogP contribution in [0.3, 0.4) is 0 Å². The summed E-state index contributed by atoms with van der Waals surface area (Å²) in [6, 6.07) is 4.13. The molecule has 0 amide bonds. The molecule has 0 aliphatic carbocycles. The SMILES string of the molecule is Cn1cccc1-c1[nH]cc[n+]1C. The highest BCUT2D eigenvalue weighted by Gasteiger charge is 2.11. The van der Waals surface area contributed by atoms with Crippen molar-refractivity contribution in [3.05, 3.63) is 30.7 Å². The molecule has 0 saturated carbocycles. The van der Waals surface area contributed by atoms with E-state index in [4.69, 9.17) is 0 Å². The molecular weight excluding hydrogens is 150 g/mol. The largest absolute Gasteiger partial charge is 0.344 e. The Morgan fingerprint density at radius 3 is 2.83 bits per heavy atom. The Balaban J connectivity index is 2.57. The monoisotopic (exact) mass is 162 g/mol. The van der Waals surface area contributed by atoms with Gasteiger partial charge in [0.15, 0.2) is 0 Å². The van der Waals surface area contributed by atoms with Crippen LogP contribution in [0.1, 0.15) is 0 Å². The number of H-pyrrole nitrogens is 1. The summed E-state index contributed by atoms with van der Waals surface area (Å²) in [6.07, 6.45) is 5.97. The number of hydrogen-bond donors (Lipinski definition) is 1. The molecule has 0 bridgehead atoms. The topological polar surface area (TPSA) is 24.6 Å². The molecule has 0 spiro atoms. The Bertz CT molecular complexity index is 346. The van der Waals surface area contributed by atoms with Crippen molar-refractivity contribution in [2.45, 2.75) is 0 Å². The molecule has 12 heavy (non-hydrogen) atoms. The molecule has 0 fully saturated rings. The zero-order valence-electron chi connectivity index (χ0n) is 7.28. The van der Waals surface area contributed by atoms with Crippen LogP contribution in [-0.2, 0) is 14.1 Å². The predicted molar refractivity (Wildman–Crippen MR) is 46.4 cm³/mol. The van der Waals surface area contributed by atoms with E-state index in [2.05, 4.69) is 20.2 Å². The summed E-state index contributed by atoms with van der Waals surface area (Å²) < 4.78 is 4.15. The maximum Gasteiger partial charge on any atom is 0.303 e. The van der Waals surface area contributed by atoms with E-state index in [0.717, 1.165) is 5.82 Å². The maximum atomic E-state index is 3.19. The number of nitrogens with zero attached hydrogens (tertiary/aromatic N) is 2. The van der Waals surface area contributed by atoms with Crippen LogP contribution in [0.15, 0.2) is 30.7 Å². The molecular formula is C9H12N3+. The summed E-state index contributed by atoms with van der Waals surface area (Å²) in [7, 11) is 4.06. The van der Waals surface area contributed by atoms with Gasteiger partial charge in [0.2, 0.25) is 0 Å². The Hall–Kier alpha value is -1.51. The van der Waals surface area contributed by atoms with Crippen LogP contribution in [0.25, 0.3) is 11.5 Å². The average Bonchev–Trinajstić information content (AvgIpc) is 2.59. The summed E-state index contributed by atoms with van der Waals surface area (Å²) in [4.78, 5) is 3.19. The molecule has 0 saturated heterocycles. The number of nitrogens with one attached hydrogen (secondary N) is 1. The maximum absolute atomic E-state index is 3.19. The zero-order valence-corrected chi connectivity index (χ0v) is 7.28. The Morgan fingerprint density at radius 2 is 2.33 bits per heavy atom. The van der Waals surface area contributed by atoms with Gasteiger partial charge in [0, 0.05) is 13.2 Å². The first-order valence-corrected chi connectivity index (χ1v) is 3.94. The van der Waals surface area contributed by atoms with Gasteiger partial charge in [0.1, 0.15) is 18.1 Å². The normalized spacial score (nSPS) is 10.5. The molecule has 62 valence electrons. The van der Waals surface area contributed by atoms with Gasteiger partial charge in [-0.25, -0.2) is 9.55 Å². The molecule has 2 heterocycles. The third kappa shape index (κ3) is 0.942. The van der Waals surface area contributed by atoms with Crippen molar-refractivity contribution in [2.24, 2.45) is 14.1 Å². The first-order valence-electron chi connectivity index (χ1n) is 3.94. The minimum Gasteiger partial charge on any atom is -0.344 e. The van der Waals surface area contributed by atoms with Crippen molar-refractivity contribution in [1.29, 1.82) is 0 Å². The zero-order chi connectivity index (χ0) is 8.55. The van der Waals surface area contributed by atoms with Crippen LogP contribution in [0, 0.1) is 0 Å². The average molecular weight is 162 g/mol. The molecule has 0 aliphatic heterocycles.